The van der Waals surface area contributed by atoms with Crippen LogP contribution in [0.2, 0.25) is 0 Å². The second kappa shape index (κ2) is 7.14. The first-order valence-electron chi connectivity index (χ1n) is 7.25. The van der Waals surface area contributed by atoms with Gasteiger partial charge in [0.15, 0.2) is 11.5 Å². The molecular weight excluding hydrogens is 324 g/mol. The van der Waals surface area contributed by atoms with Crippen molar-refractivity contribution in [2.24, 2.45) is 0 Å². The van der Waals surface area contributed by atoms with Gasteiger partial charge in [0.1, 0.15) is 10.7 Å². The summed E-state index contributed by atoms with van der Waals surface area (Å²) in [5.41, 5.74) is 1.99. The molecule has 1 heterocycles. The molecule has 1 amide bonds. The van der Waals surface area contributed by atoms with Crippen LogP contribution >= 0.6 is 11.3 Å². The number of amides is 1. The zero-order chi connectivity index (χ0) is 16.9. The number of carbonyl (C=O) groups is 1. The van der Waals surface area contributed by atoms with Gasteiger partial charge in [0.05, 0.1) is 14.2 Å². The molecule has 0 saturated heterocycles. The van der Waals surface area contributed by atoms with Gasteiger partial charge in [-0.3, -0.25) is 4.79 Å². The molecule has 0 unspecified atom stereocenters. The molecule has 24 heavy (non-hydrogen) atoms. The molecule has 0 aliphatic rings. The Hall–Kier alpha value is -2.86. The fourth-order valence-corrected chi connectivity index (χ4v) is 2.99. The van der Waals surface area contributed by atoms with E-state index in [1.165, 1.54) is 11.3 Å². The number of carbonyl (C=O) groups excluding carboxylic acids is 1. The van der Waals surface area contributed by atoms with E-state index in [1.807, 2.05) is 48.5 Å². The molecule has 3 rings (SSSR count). The summed E-state index contributed by atoms with van der Waals surface area (Å²) in [6, 6.07) is 14.8. The lowest BCUT2D eigenvalue weighted by molar-refractivity contribution is 0.102. The van der Waals surface area contributed by atoms with Crippen molar-refractivity contribution in [1.29, 1.82) is 0 Å². The van der Waals surface area contributed by atoms with Crippen LogP contribution in [0.3, 0.4) is 0 Å². The van der Waals surface area contributed by atoms with Crippen LogP contribution in [0, 0.1) is 0 Å². The molecule has 6 heteroatoms. The van der Waals surface area contributed by atoms with Gasteiger partial charge >= 0.3 is 0 Å². The van der Waals surface area contributed by atoms with Crippen molar-refractivity contribution in [3.8, 4) is 22.1 Å². The highest BCUT2D eigenvalue weighted by atomic mass is 32.1. The van der Waals surface area contributed by atoms with Crippen molar-refractivity contribution >= 4 is 22.9 Å². The molecule has 1 N–H and O–H groups in total. The molecule has 0 spiro atoms. The summed E-state index contributed by atoms with van der Waals surface area (Å²) >= 11 is 1.41. The summed E-state index contributed by atoms with van der Waals surface area (Å²) in [6.45, 7) is 0. The van der Waals surface area contributed by atoms with Crippen molar-refractivity contribution in [3.63, 3.8) is 0 Å². The third kappa shape index (κ3) is 3.38. The Balaban J connectivity index is 1.81. The fraction of sp³-hybridized carbons (Fsp3) is 0.111. The fourth-order valence-electron chi connectivity index (χ4n) is 2.20. The van der Waals surface area contributed by atoms with E-state index in [9.17, 15) is 4.79 Å². The lowest BCUT2D eigenvalue weighted by Gasteiger charge is -2.08. The molecule has 0 fully saturated rings. The highest BCUT2D eigenvalue weighted by Gasteiger charge is 2.13. The maximum absolute atomic E-state index is 12.3. The molecule has 0 aliphatic carbocycles. The number of para-hydroxylation sites is 1. The maximum atomic E-state index is 12.3. The third-order valence-electron chi connectivity index (χ3n) is 3.40. The van der Waals surface area contributed by atoms with Crippen LogP contribution in [-0.2, 0) is 0 Å². The summed E-state index contributed by atoms with van der Waals surface area (Å²) in [6.07, 6.45) is 0. The minimum absolute atomic E-state index is 0.232. The van der Waals surface area contributed by atoms with E-state index >= 15 is 0 Å². The number of rotatable bonds is 5. The number of hydrogen-bond acceptors (Lipinski definition) is 5. The topological polar surface area (TPSA) is 60.5 Å². The van der Waals surface area contributed by atoms with Crippen LogP contribution in [0.4, 0.5) is 5.69 Å². The second-order valence-electron chi connectivity index (χ2n) is 4.93. The summed E-state index contributed by atoms with van der Waals surface area (Å²) in [5.74, 6) is 1.05. The van der Waals surface area contributed by atoms with Crippen LogP contribution in [0.1, 0.15) is 10.5 Å². The van der Waals surface area contributed by atoms with E-state index in [4.69, 9.17) is 9.47 Å². The number of benzene rings is 2. The van der Waals surface area contributed by atoms with Crippen molar-refractivity contribution < 1.29 is 14.3 Å². The van der Waals surface area contributed by atoms with Crippen molar-refractivity contribution in [2.75, 3.05) is 19.5 Å². The Morgan fingerprint density at radius 3 is 2.50 bits per heavy atom. The van der Waals surface area contributed by atoms with E-state index in [0.29, 0.717) is 17.2 Å². The van der Waals surface area contributed by atoms with Gasteiger partial charge in [0.25, 0.3) is 5.91 Å². The first kappa shape index (κ1) is 16.0. The van der Waals surface area contributed by atoms with E-state index in [1.54, 1.807) is 19.6 Å². The van der Waals surface area contributed by atoms with Crippen molar-refractivity contribution in [3.05, 3.63) is 59.6 Å². The molecular formula is C18H16N2O3S. The molecule has 2 aromatic carbocycles. The summed E-state index contributed by atoms with van der Waals surface area (Å²) in [4.78, 5) is 16.7. The maximum Gasteiger partial charge on any atom is 0.275 e. The van der Waals surface area contributed by atoms with Gasteiger partial charge in [-0.15, -0.1) is 11.3 Å². The number of ether oxygens (including phenoxy) is 2. The monoisotopic (exact) mass is 340 g/mol. The molecule has 5 nitrogen and oxygen atoms in total. The largest absolute Gasteiger partial charge is 0.493 e. The summed E-state index contributed by atoms with van der Waals surface area (Å²) < 4.78 is 10.5. The number of nitrogens with zero attached hydrogens (tertiary/aromatic N) is 1. The smallest absolute Gasteiger partial charge is 0.275 e. The zero-order valence-electron chi connectivity index (χ0n) is 13.3. The number of anilines is 1. The van der Waals surface area contributed by atoms with Gasteiger partial charge in [-0.1, -0.05) is 18.2 Å². The first-order valence-corrected chi connectivity index (χ1v) is 8.13. The average molecular weight is 340 g/mol. The first-order chi connectivity index (χ1) is 11.7. The number of nitrogens with one attached hydrogen (secondary N) is 1. The van der Waals surface area contributed by atoms with E-state index in [-0.39, 0.29) is 5.91 Å². The Kier molecular flexibility index (Phi) is 4.77. The number of aromatic nitrogens is 1. The highest BCUT2D eigenvalue weighted by molar-refractivity contribution is 7.13. The van der Waals surface area contributed by atoms with Crippen molar-refractivity contribution in [1.82, 2.24) is 4.98 Å². The lowest BCUT2D eigenvalue weighted by atomic mass is 10.2. The molecule has 0 atom stereocenters. The molecule has 122 valence electrons. The lowest BCUT2D eigenvalue weighted by Crippen LogP contribution is -2.12. The van der Waals surface area contributed by atoms with Gasteiger partial charge in [0, 0.05) is 16.6 Å². The molecule has 0 radical (unpaired) electrons. The van der Waals surface area contributed by atoms with Crippen LogP contribution in [0.5, 0.6) is 11.5 Å². The minimum Gasteiger partial charge on any atom is -0.493 e. The molecule has 0 saturated carbocycles. The summed E-state index contributed by atoms with van der Waals surface area (Å²) in [7, 11) is 3.18. The Labute approximate surface area is 143 Å². The standard InChI is InChI=1S/C18H16N2O3S/c1-22-15-9-8-12(10-16(15)23-2)18-20-14(11-24-18)17(21)19-13-6-4-3-5-7-13/h3-11H,1-2H3,(H,19,21). The van der Waals surface area contributed by atoms with Gasteiger partial charge < -0.3 is 14.8 Å². The normalized spacial score (nSPS) is 10.2. The molecule has 0 aliphatic heterocycles. The Bertz CT molecular complexity index is 846. The Morgan fingerprint density at radius 1 is 1.04 bits per heavy atom. The van der Waals surface area contributed by atoms with Gasteiger partial charge in [0.2, 0.25) is 0 Å². The third-order valence-corrected chi connectivity index (χ3v) is 4.29. The van der Waals surface area contributed by atoms with Gasteiger partial charge in [-0.25, -0.2) is 4.98 Å². The van der Waals surface area contributed by atoms with E-state index in [2.05, 4.69) is 10.3 Å². The van der Waals surface area contributed by atoms with E-state index in [0.717, 1.165) is 16.3 Å². The molecule has 0 bridgehead atoms. The van der Waals surface area contributed by atoms with Gasteiger partial charge in [-0.2, -0.15) is 0 Å². The molecule has 1 aromatic heterocycles. The zero-order valence-corrected chi connectivity index (χ0v) is 14.1. The van der Waals surface area contributed by atoms with Crippen LogP contribution in [-0.4, -0.2) is 25.1 Å². The predicted octanol–water partition coefficient (Wildman–Crippen LogP) is 4.08. The summed E-state index contributed by atoms with van der Waals surface area (Å²) in [5, 5.41) is 5.31. The molecule has 3 aromatic rings. The predicted molar refractivity (Wildman–Crippen MR) is 95.0 cm³/mol. The quantitative estimate of drug-likeness (QED) is 0.760. The highest BCUT2D eigenvalue weighted by Crippen LogP contribution is 2.33. The number of hydrogen-bond donors (Lipinski definition) is 1. The minimum atomic E-state index is -0.232. The number of methoxy groups -OCH3 is 2. The van der Waals surface area contributed by atoms with E-state index < -0.39 is 0 Å². The second-order valence-corrected chi connectivity index (χ2v) is 5.79. The average Bonchev–Trinajstić information content (AvgIpc) is 3.12. The van der Waals surface area contributed by atoms with Gasteiger partial charge in [-0.05, 0) is 30.3 Å². The SMILES string of the molecule is COc1ccc(-c2nc(C(=O)Nc3ccccc3)cs2)cc1OC. The Morgan fingerprint density at radius 2 is 1.79 bits per heavy atom. The van der Waals surface area contributed by atoms with Crippen LogP contribution in [0.15, 0.2) is 53.9 Å². The number of thiazole rings is 1. The van der Waals surface area contributed by atoms with Crippen LogP contribution < -0.4 is 14.8 Å². The van der Waals surface area contributed by atoms with Crippen LogP contribution in [0.25, 0.3) is 10.6 Å². The van der Waals surface area contributed by atoms with Crippen molar-refractivity contribution in [2.45, 2.75) is 0 Å².